The molecule has 8 heteroatoms. The minimum absolute atomic E-state index is 0.00251. The molecule has 0 saturated carbocycles. The van der Waals surface area contributed by atoms with Crippen molar-refractivity contribution in [3.05, 3.63) is 29.8 Å². The summed E-state index contributed by atoms with van der Waals surface area (Å²) >= 11 is 5.74. The number of alkyl halides is 2. The Bertz CT molecular complexity index is 646. The topological polar surface area (TPSA) is 43.2 Å². The molecule has 3 rings (SSSR count). The Kier molecular flexibility index (Phi) is 4.54. The molecule has 1 aliphatic heterocycles. The first-order valence-corrected chi connectivity index (χ1v) is 7.35. The summed E-state index contributed by atoms with van der Waals surface area (Å²) in [5.41, 5.74) is 1.11. The van der Waals surface area contributed by atoms with E-state index in [4.69, 9.17) is 11.6 Å². The van der Waals surface area contributed by atoms with E-state index < -0.39 is 6.61 Å². The summed E-state index contributed by atoms with van der Waals surface area (Å²) in [5.74, 6) is -0.00251. The van der Waals surface area contributed by atoms with Crippen LogP contribution < -0.4 is 4.74 Å². The van der Waals surface area contributed by atoms with Gasteiger partial charge < -0.3 is 9.64 Å². The molecule has 5 nitrogen and oxygen atoms in total. The zero-order valence-corrected chi connectivity index (χ0v) is 12.5. The minimum Gasteiger partial charge on any atom is -0.434 e. The van der Waals surface area contributed by atoms with E-state index in [0.717, 1.165) is 26.2 Å². The van der Waals surface area contributed by atoms with Gasteiger partial charge in [0.05, 0.1) is 12.7 Å². The van der Waals surface area contributed by atoms with Crippen molar-refractivity contribution in [3.8, 4) is 16.9 Å². The van der Waals surface area contributed by atoms with Crippen LogP contribution in [0.4, 0.5) is 8.78 Å². The van der Waals surface area contributed by atoms with E-state index in [1.165, 1.54) is 18.7 Å². The van der Waals surface area contributed by atoms with E-state index in [9.17, 15) is 8.78 Å². The SMILES string of the molecule is FC(F)Oc1cc(Cl)ncc1-c1cnn(CCN2CCC2)c1. The highest BCUT2D eigenvalue weighted by molar-refractivity contribution is 6.29. The molecule has 0 aliphatic carbocycles. The maximum atomic E-state index is 12.5. The Labute approximate surface area is 131 Å². The van der Waals surface area contributed by atoms with Crippen LogP contribution >= 0.6 is 11.6 Å². The Morgan fingerprint density at radius 2 is 2.09 bits per heavy atom. The molecule has 0 atom stereocenters. The third-order valence-corrected chi connectivity index (χ3v) is 3.79. The third kappa shape index (κ3) is 3.53. The molecule has 22 heavy (non-hydrogen) atoms. The predicted octanol–water partition coefficient (Wildman–Crippen LogP) is 2.91. The number of nitrogens with zero attached hydrogens (tertiary/aromatic N) is 4. The highest BCUT2D eigenvalue weighted by Gasteiger charge is 2.16. The zero-order chi connectivity index (χ0) is 15.5. The number of halogens is 3. The number of hydrogen-bond acceptors (Lipinski definition) is 4. The molecule has 0 spiro atoms. The molecule has 118 valence electrons. The van der Waals surface area contributed by atoms with Crippen LogP contribution in [0.2, 0.25) is 5.15 Å². The van der Waals surface area contributed by atoms with E-state index >= 15 is 0 Å². The Morgan fingerprint density at radius 3 is 2.77 bits per heavy atom. The smallest absolute Gasteiger partial charge is 0.387 e. The van der Waals surface area contributed by atoms with Crippen LogP contribution in [0, 0.1) is 0 Å². The normalized spacial score (nSPS) is 15.1. The molecule has 0 amide bonds. The van der Waals surface area contributed by atoms with Gasteiger partial charge in [0, 0.05) is 36.1 Å². The van der Waals surface area contributed by atoms with E-state index in [1.54, 1.807) is 17.1 Å². The van der Waals surface area contributed by atoms with Crippen molar-refractivity contribution in [3.63, 3.8) is 0 Å². The number of rotatable bonds is 6. The van der Waals surface area contributed by atoms with E-state index in [2.05, 4.69) is 19.7 Å². The highest BCUT2D eigenvalue weighted by atomic mass is 35.5. The molecule has 0 bridgehead atoms. The monoisotopic (exact) mass is 328 g/mol. The molecule has 1 saturated heterocycles. The fraction of sp³-hybridized carbons (Fsp3) is 0.429. The predicted molar refractivity (Wildman–Crippen MR) is 78.2 cm³/mol. The number of ether oxygens (including phenoxy) is 1. The molecule has 0 unspecified atom stereocenters. The van der Waals surface area contributed by atoms with Crippen molar-refractivity contribution in [2.75, 3.05) is 19.6 Å². The van der Waals surface area contributed by atoms with Crippen LogP contribution in [-0.4, -0.2) is 45.9 Å². The lowest BCUT2D eigenvalue weighted by molar-refractivity contribution is -0.0494. The van der Waals surface area contributed by atoms with Crippen molar-refractivity contribution < 1.29 is 13.5 Å². The molecule has 0 N–H and O–H groups in total. The van der Waals surface area contributed by atoms with E-state index in [0.29, 0.717) is 11.1 Å². The van der Waals surface area contributed by atoms with Gasteiger partial charge in [-0.05, 0) is 19.5 Å². The maximum Gasteiger partial charge on any atom is 0.387 e. The van der Waals surface area contributed by atoms with Crippen molar-refractivity contribution >= 4 is 11.6 Å². The first kappa shape index (κ1) is 15.2. The quantitative estimate of drug-likeness (QED) is 0.765. The van der Waals surface area contributed by atoms with E-state index in [-0.39, 0.29) is 10.9 Å². The fourth-order valence-corrected chi connectivity index (χ4v) is 2.45. The van der Waals surface area contributed by atoms with Gasteiger partial charge >= 0.3 is 6.61 Å². The van der Waals surface area contributed by atoms with Crippen LogP contribution in [0.15, 0.2) is 24.7 Å². The van der Waals surface area contributed by atoms with Crippen molar-refractivity contribution in [1.29, 1.82) is 0 Å². The Morgan fingerprint density at radius 1 is 1.27 bits per heavy atom. The summed E-state index contributed by atoms with van der Waals surface area (Å²) in [4.78, 5) is 6.25. The molecule has 1 aliphatic rings. The van der Waals surface area contributed by atoms with Gasteiger partial charge in [-0.25, -0.2) is 4.98 Å². The van der Waals surface area contributed by atoms with Crippen LogP contribution in [0.3, 0.4) is 0 Å². The van der Waals surface area contributed by atoms with Gasteiger partial charge in [0.2, 0.25) is 0 Å². The number of likely N-dealkylation sites (tertiary alicyclic amines) is 1. The molecular weight excluding hydrogens is 314 g/mol. The summed E-state index contributed by atoms with van der Waals surface area (Å²) < 4.78 is 31.3. The Balaban J connectivity index is 1.76. The number of hydrogen-bond donors (Lipinski definition) is 0. The maximum absolute atomic E-state index is 12.5. The van der Waals surface area contributed by atoms with Gasteiger partial charge in [-0.2, -0.15) is 13.9 Å². The van der Waals surface area contributed by atoms with Crippen LogP contribution in [0.25, 0.3) is 11.1 Å². The largest absolute Gasteiger partial charge is 0.434 e. The zero-order valence-electron chi connectivity index (χ0n) is 11.8. The lowest BCUT2D eigenvalue weighted by Crippen LogP contribution is -2.39. The average molecular weight is 329 g/mol. The minimum atomic E-state index is -2.92. The first-order chi connectivity index (χ1) is 10.6. The lowest BCUT2D eigenvalue weighted by Gasteiger charge is -2.30. The number of pyridine rings is 1. The molecule has 1 fully saturated rings. The summed E-state index contributed by atoms with van der Waals surface area (Å²) in [6.45, 7) is 1.02. The standard InChI is InChI=1S/C14H15ClF2N4O/c15-13-6-12(22-14(16)17)11(8-18-13)10-7-19-21(9-10)5-4-20-2-1-3-20/h6-9,14H,1-5H2. The summed E-state index contributed by atoms with van der Waals surface area (Å²) in [7, 11) is 0. The second-order valence-electron chi connectivity index (χ2n) is 5.07. The lowest BCUT2D eigenvalue weighted by atomic mass is 10.1. The molecule has 2 aromatic heterocycles. The van der Waals surface area contributed by atoms with Crippen LogP contribution in [0.5, 0.6) is 5.75 Å². The Hall–Kier alpha value is -1.73. The van der Waals surface area contributed by atoms with Crippen molar-refractivity contribution in [2.24, 2.45) is 0 Å². The van der Waals surface area contributed by atoms with Crippen molar-refractivity contribution in [2.45, 2.75) is 19.6 Å². The van der Waals surface area contributed by atoms with Crippen LogP contribution in [-0.2, 0) is 6.54 Å². The molecule has 0 aromatic carbocycles. The summed E-state index contributed by atoms with van der Waals surface area (Å²) in [6.07, 6.45) is 6.06. The second kappa shape index (κ2) is 6.58. The van der Waals surface area contributed by atoms with Gasteiger partial charge in [-0.3, -0.25) is 4.68 Å². The van der Waals surface area contributed by atoms with Gasteiger partial charge in [-0.15, -0.1) is 0 Å². The molecule has 0 radical (unpaired) electrons. The fourth-order valence-electron chi connectivity index (χ4n) is 2.30. The van der Waals surface area contributed by atoms with Crippen molar-refractivity contribution in [1.82, 2.24) is 19.7 Å². The van der Waals surface area contributed by atoms with E-state index in [1.807, 2.05) is 0 Å². The van der Waals surface area contributed by atoms with Gasteiger partial charge in [-0.1, -0.05) is 11.6 Å². The highest BCUT2D eigenvalue weighted by Crippen LogP contribution is 2.32. The first-order valence-electron chi connectivity index (χ1n) is 6.97. The second-order valence-corrected chi connectivity index (χ2v) is 5.46. The van der Waals surface area contributed by atoms with Gasteiger partial charge in [0.25, 0.3) is 0 Å². The van der Waals surface area contributed by atoms with Crippen LogP contribution in [0.1, 0.15) is 6.42 Å². The number of aromatic nitrogens is 3. The summed E-state index contributed by atoms with van der Waals surface area (Å²) in [6, 6.07) is 1.28. The molecule has 2 aromatic rings. The van der Waals surface area contributed by atoms with Gasteiger partial charge in [0.15, 0.2) is 0 Å². The summed E-state index contributed by atoms with van der Waals surface area (Å²) in [5, 5.41) is 4.35. The van der Waals surface area contributed by atoms with Gasteiger partial charge in [0.1, 0.15) is 10.9 Å². The molecule has 3 heterocycles. The average Bonchev–Trinajstić information content (AvgIpc) is 2.85. The molecular formula is C14H15ClF2N4O. The third-order valence-electron chi connectivity index (χ3n) is 3.59.